The molecule has 18 heavy (non-hydrogen) atoms. The number of likely N-dealkylation sites (N-methyl/N-ethyl adjacent to an activating group) is 1. The van der Waals surface area contributed by atoms with Gasteiger partial charge in [-0.25, -0.2) is 0 Å². The minimum Gasteiger partial charge on any atom is -0.421 e. The van der Waals surface area contributed by atoms with Gasteiger partial charge in [0, 0.05) is 27.5 Å². The van der Waals surface area contributed by atoms with Crippen LogP contribution in [0.5, 0.6) is 0 Å². The van der Waals surface area contributed by atoms with Crippen LogP contribution < -0.4 is 5.32 Å². The maximum atomic E-state index is 5.62. The first-order valence-corrected chi connectivity index (χ1v) is 7.27. The third kappa shape index (κ3) is 3.63. The highest BCUT2D eigenvalue weighted by Gasteiger charge is 2.09. The third-order valence-electron chi connectivity index (χ3n) is 2.34. The molecule has 0 radical (unpaired) electrons. The zero-order valence-corrected chi connectivity index (χ0v) is 13.1. The summed E-state index contributed by atoms with van der Waals surface area (Å²) in [5.74, 6) is 1.20. The second kappa shape index (κ2) is 6.45. The average molecular weight is 375 g/mol. The largest absolute Gasteiger partial charge is 0.421 e. The van der Waals surface area contributed by atoms with Crippen LogP contribution in [0.25, 0.3) is 11.5 Å². The maximum absolute atomic E-state index is 5.62. The Hall–Kier alpha value is -0.720. The SMILES string of the molecule is CCNCCc1nnc(-c2cc(Br)cc(Br)c2)o1. The molecule has 2 rings (SSSR count). The average Bonchev–Trinajstić information content (AvgIpc) is 2.77. The van der Waals surface area contributed by atoms with Gasteiger partial charge in [0.2, 0.25) is 11.8 Å². The molecule has 0 aliphatic carbocycles. The van der Waals surface area contributed by atoms with Gasteiger partial charge in [-0.2, -0.15) is 0 Å². The fourth-order valence-corrected chi connectivity index (χ4v) is 2.81. The summed E-state index contributed by atoms with van der Waals surface area (Å²) in [5.41, 5.74) is 0.901. The Balaban J connectivity index is 2.13. The number of rotatable bonds is 5. The van der Waals surface area contributed by atoms with Gasteiger partial charge in [0.15, 0.2) is 0 Å². The zero-order chi connectivity index (χ0) is 13.0. The van der Waals surface area contributed by atoms with Gasteiger partial charge >= 0.3 is 0 Å². The molecule has 0 fully saturated rings. The van der Waals surface area contributed by atoms with Gasteiger partial charge in [0.25, 0.3) is 0 Å². The molecule has 0 atom stereocenters. The summed E-state index contributed by atoms with van der Waals surface area (Å²) in [6.45, 7) is 3.86. The summed E-state index contributed by atoms with van der Waals surface area (Å²) in [4.78, 5) is 0. The molecule has 0 amide bonds. The van der Waals surface area contributed by atoms with Crippen LogP contribution in [-0.4, -0.2) is 23.3 Å². The Kier molecular flexibility index (Phi) is 4.91. The van der Waals surface area contributed by atoms with Crippen molar-refractivity contribution in [2.75, 3.05) is 13.1 Å². The monoisotopic (exact) mass is 373 g/mol. The number of benzene rings is 1. The number of hydrogen-bond donors (Lipinski definition) is 1. The molecule has 96 valence electrons. The first-order valence-electron chi connectivity index (χ1n) is 5.68. The summed E-state index contributed by atoms with van der Waals surface area (Å²) in [7, 11) is 0. The van der Waals surface area contributed by atoms with Crippen LogP contribution in [0.3, 0.4) is 0 Å². The number of aromatic nitrogens is 2. The summed E-state index contributed by atoms with van der Waals surface area (Å²) < 4.78 is 7.57. The first-order chi connectivity index (χ1) is 8.69. The summed E-state index contributed by atoms with van der Waals surface area (Å²) >= 11 is 6.88. The van der Waals surface area contributed by atoms with Gasteiger partial charge in [0.1, 0.15) is 0 Å². The number of hydrogen-bond acceptors (Lipinski definition) is 4. The normalized spacial score (nSPS) is 10.8. The van der Waals surface area contributed by atoms with E-state index in [1.54, 1.807) is 0 Å². The van der Waals surface area contributed by atoms with Crippen molar-refractivity contribution in [3.05, 3.63) is 33.0 Å². The van der Waals surface area contributed by atoms with Crippen LogP contribution in [0.1, 0.15) is 12.8 Å². The molecule has 0 saturated carbocycles. The number of nitrogens with one attached hydrogen (secondary N) is 1. The molecule has 6 heteroatoms. The van der Waals surface area contributed by atoms with E-state index in [-0.39, 0.29) is 0 Å². The lowest BCUT2D eigenvalue weighted by atomic mass is 10.2. The quantitative estimate of drug-likeness (QED) is 0.814. The molecule has 0 spiro atoms. The maximum Gasteiger partial charge on any atom is 0.247 e. The summed E-state index contributed by atoms with van der Waals surface area (Å²) in [6, 6.07) is 5.87. The van der Waals surface area contributed by atoms with Crippen molar-refractivity contribution in [3.8, 4) is 11.5 Å². The second-order valence-electron chi connectivity index (χ2n) is 3.76. The van der Waals surface area contributed by atoms with Gasteiger partial charge in [0.05, 0.1) is 0 Å². The lowest BCUT2D eigenvalue weighted by Gasteiger charge is -1.98. The van der Waals surface area contributed by atoms with E-state index in [2.05, 4.69) is 54.3 Å². The Morgan fingerprint density at radius 3 is 2.56 bits per heavy atom. The van der Waals surface area contributed by atoms with E-state index in [1.165, 1.54) is 0 Å². The minimum atomic E-state index is 0.545. The number of halogens is 2. The lowest BCUT2D eigenvalue weighted by Crippen LogP contribution is -2.16. The molecule has 2 aromatic rings. The molecular weight excluding hydrogens is 362 g/mol. The van der Waals surface area contributed by atoms with Crippen LogP contribution >= 0.6 is 31.9 Å². The smallest absolute Gasteiger partial charge is 0.247 e. The summed E-state index contributed by atoms with van der Waals surface area (Å²) in [5, 5.41) is 11.3. The van der Waals surface area contributed by atoms with Crippen molar-refractivity contribution >= 4 is 31.9 Å². The molecule has 0 aliphatic rings. The zero-order valence-electron chi connectivity index (χ0n) is 9.91. The number of nitrogens with zero attached hydrogens (tertiary/aromatic N) is 2. The fourth-order valence-electron chi connectivity index (χ4n) is 1.52. The molecule has 0 bridgehead atoms. The van der Waals surface area contributed by atoms with Crippen LogP contribution in [-0.2, 0) is 6.42 Å². The molecule has 0 saturated heterocycles. The Morgan fingerprint density at radius 2 is 1.89 bits per heavy atom. The topological polar surface area (TPSA) is 51.0 Å². The van der Waals surface area contributed by atoms with E-state index in [9.17, 15) is 0 Å². The van der Waals surface area contributed by atoms with E-state index >= 15 is 0 Å². The van der Waals surface area contributed by atoms with E-state index in [0.717, 1.165) is 34.0 Å². The van der Waals surface area contributed by atoms with Gasteiger partial charge in [-0.3, -0.25) is 0 Å². The van der Waals surface area contributed by atoms with E-state index in [0.29, 0.717) is 11.8 Å². The Bertz CT molecular complexity index is 508. The fraction of sp³-hybridized carbons (Fsp3) is 0.333. The van der Waals surface area contributed by atoms with Crippen LogP contribution in [0.2, 0.25) is 0 Å². The molecule has 1 aromatic heterocycles. The second-order valence-corrected chi connectivity index (χ2v) is 5.59. The van der Waals surface area contributed by atoms with Crippen molar-refractivity contribution in [1.82, 2.24) is 15.5 Å². The lowest BCUT2D eigenvalue weighted by molar-refractivity contribution is 0.496. The molecule has 1 aromatic carbocycles. The van der Waals surface area contributed by atoms with Gasteiger partial charge < -0.3 is 9.73 Å². The first kappa shape index (κ1) is 13.7. The molecule has 0 unspecified atom stereocenters. The van der Waals surface area contributed by atoms with Crippen molar-refractivity contribution in [2.45, 2.75) is 13.3 Å². The highest BCUT2D eigenvalue weighted by atomic mass is 79.9. The molecule has 4 nitrogen and oxygen atoms in total. The highest BCUT2D eigenvalue weighted by Crippen LogP contribution is 2.26. The molecular formula is C12H13Br2N3O. The van der Waals surface area contributed by atoms with Crippen molar-refractivity contribution in [2.24, 2.45) is 0 Å². The van der Waals surface area contributed by atoms with Gasteiger partial charge in [-0.05, 0) is 24.7 Å². The van der Waals surface area contributed by atoms with Crippen molar-refractivity contribution in [3.63, 3.8) is 0 Å². The van der Waals surface area contributed by atoms with Crippen LogP contribution in [0, 0.1) is 0 Å². The van der Waals surface area contributed by atoms with Crippen molar-refractivity contribution < 1.29 is 4.42 Å². The summed E-state index contributed by atoms with van der Waals surface area (Å²) in [6.07, 6.45) is 0.746. The predicted octanol–water partition coefficient (Wildman–Crippen LogP) is 3.41. The highest BCUT2D eigenvalue weighted by molar-refractivity contribution is 9.11. The molecule has 0 aliphatic heterocycles. The predicted molar refractivity (Wildman–Crippen MR) is 77.4 cm³/mol. The molecule has 1 N–H and O–H groups in total. The van der Waals surface area contributed by atoms with E-state index < -0.39 is 0 Å². The van der Waals surface area contributed by atoms with E-state index in [4.69, 9.17) is 4.42 Å². The van der Waals surface area contributed by atoms with Crippen LogP contribution in [0.4, 0.5) is 0 Å². The Labute approximate surface area is 122 Å². The standard InChI is InChI=1S/C12H13Br2N3O/c1-2-15-4-3-11-16-17-12(18-11)8-5-9(13)7-10(14)6-8/h5-7,15H,2-4H2,1H3. The third-order valence-corrected chi connectivity index (χ3v) is 3.26. The Morgan fingerprint density at radius 1 is 1.17 bits per heavy atom. The van der Waals surface area contributed by atoms with Crippen molar-refractivity contribution in [1.29, 1.82) is 0 Å². The van der Waals surface area contributed by atoms with Gasteiger partial charge in [-0.15, -0.1) is 10.2 Å². The van der Waals surface area contributed by atoms with Gasteiger partial charge in [-0.1, -0.05) is 38.8 Å². The van der Waals surface area contributed by atoms with E-state index in [1.807, 2.05) is 18.2 Å². The molecule has 1 heterocycles. The minimum absolute atomic E-state index is 0.545. The van der Waals surface area contributed by atoms with Crippen LogP contribution in [0.15, 0.2) is 31.6 Å².